The first-order valence-corrected chi connectivity index (χ1v) is 7.35. The van der Waals surface area contributed by atoms with Gasteiger partial charge in [0.25, 0.3) is 5.91 Å². The number of halogens is 2. The average Bonchev–Trinajstić information content (AvgIpc) is 2.42. The van der Waals surface area contributed by atoms with Gasteiger partial charge in [-0.05, 0) is 50.4 Å². The summed E-state index contributed by atoms with van der Waals surface area (Å²) in [6.45, 7) is 1.37. The van der Waals surface area contributed by atoms with E-state index in [0.29, 0.717) is 22.2 Å². The predicted molar refractivity (Wildman–Crippen MR) is 78.8 cm³/mol. The number of hydrogen-bond donors (Lipinski definition) is 1. The van der Waals surface area contributed by atoms with Crippen molar-refractivity contribution in [2.75, 3.05) is 13.1 Å². The molecule has 1 aromatic rings. The Balaban J connectivity index is 2.23. The Morgan fingerprint density at radius 1 is 1.37 bits per heavy atom. The third-order valence-corrected chi connectivity index (χ3v) is 4.11. The number of piperidine rings is 1. The zero-order valence-corrected chi connectivity index (χ0v) is 12.3. The second kappa shape index (κ2) is 6.60. The average molecular weight is 301 g/mol. The maximum Gasteiger partial charge on any atom is 0.255 e. The molecule has 1 aliphatic heterocycles. The highest BCUT2D eigenvalue weighted by atomic mass is 35.5. The van der Waals surface area contributed by atoms with Crippen molar-refractivity contribution in [3.8, 4) is 0 Å². The number of amides is 1. The lowest BCUT2D eigenvalue weighted by molar-refractivity contribution is 0.0605. The predicted octanol–water partition coefficient (Wildman–Crippen LogP) is 3.34. The van der Waals surface area contributed by atoms with Gasteiger partial charge < -0.3 is 10.6 Å². The highest BCUT2D eigenvalue weighted by Gasteiger charge is 2.28. The summed E-state index contributed by atoms with van der Waals surface area (Å²) in [4.78, 5) is 14.5. The van der Waals surface area contributed by atoms with Gasteiger partial charge in [-0.25, -0.2) is 0 Å². The van der Waals surface area contributed by atoms with Gasteiger partial charge in [0, 0.05) is 17.6 Å². The summed E-state index contributed by atoms with van der Waals surface area (Å²) in [6, 6.07) is 5.22. The minimum Gasteiger partial charge on any atom is -0.336 e. The number of rotatable bonds is 3. The monoisotopic (exact) mass is 300 g/mol. The molecule has 0 saturated carbocycles. The summed E-state index contributed by atoms with van der Waals surface area (Å²) in [6.07, 6.45) is 4.04. The number of hydrogen-bond acceptors (Lipinski definition) is 2. The third-order valence-electron chi connectivity index (χ3n) is 3.55. The van der Waals surface area contributed by atoms with Crippen molar-refractivity contribution in [3.63, 3.8) is 0 Å². The van der Waals surface area contributed by atoms with E-state index in [-0.39, 0.29) is 11.9 Å². The van der Waals surface area contributed by atoms with Crippen LogP contribution in [0, 0.1) is 0 Å². The van der Waals surface area contributed by atoms with E-state index in [2.05, 4.69) is 0 Å². The summed E-state index contributed by atoms with van der Waals surface area (Å²) in [5, 5.41) is 0.978. The Bertz CT molecular complexity index is 463. The first-order chi connectivity index (χ1) is 9.13. The first kappa shape index (κ1) is 14.6. The molecule has 1 aliphatic rings. The largest absolute Gasteiger partial charge is 0.336 e. The van der Waals surface area contributed by atoms with Crippen LogP contribution < -0.4 is 5.73 Å². The van der Waals surface area contributed by atoms with Crippen LogP contribution in [-0.4, -0.2) is 29.9 Å². The number of carbonyl (C=O) groups is 1. The van der Waals surface area contributed by atoms with E-state index in [0.717, 1.165) is 32.2 Å². The number of nitrogens with zero attached hydrogens (tertiary/aromatic N) is 1. The number of nitrogens with two attached hydrogens (primary N) is 1. The number of carbonyl (C=O) groups excluding carboxylic acids is 1. The van der Waals surface area contributed by atoms with Gasteiger partial charge in [-0.2, -0.15) is 0 Å². The minimum atomic E-state index is -0.0364. The Morgan fingerprint density at radius 3 is 2.89 bits per heavy atom. The molecule has 3 nitrogen and oxygen atoms in total. The second-order valence-corrected chi connectivity index (χ2v) is 5.69. The molecule has 0 spiro atoms. The Kier molecular flexibility index (Phi) is 5.08. The molecule has 2 rings (SSSR count). The fourth-order valence-electron chi connectivity index (χ4n) is 2.58. The fraction of sp³-hybridized carbons (Fsp3) is 0.500. The van der Waals surface area contributed by atoms with Crippen LogP contribution >= 0.6 is 23.2 Å². The van der Waals surface area contributed by atoms with E-state index >= 15 is 0 Å². The maximum absolute atomic E-state index is 12.6. The molecule has 1 heterocycles. The molecule has 5 heteroatoms. The SMILES string of the molecule is NCCC1CCCCN1C(=O)c1cc(Cl)ccc1Cl. The Labute approximate surface area is 123 Å². The van der Waals surface area contributed by atoms with Crippen LogP contribution in [0.5, 0.6) is 0 Å². The molecular formula is C14H18Cl2N2O. The molecule has 1 aromatic carbocycles. The zero-order chi connectivity index (χ0) is 13.8. The van der Waals surface area contributed by atoms with Gasteiger partial charge in [-0.3, -0.25) is 4.79 Å². The van der Waals surface area contributed by atoms with Gasteiger partial charge in [-0.15, -0.1) is 0 Å². The van der Waals surface area contributed by atoms with Gasteiger partial charge >= 0.3 is 0 Å². The van der Waals surface area contributed by atoms with E-state index in [1.54, 1.807) is 18.2 Å². The standard InChI is InChI=1S/C14H18Cl2N2O/c15-10-4-5-13(16)12(9-10)14(19)18-8-2-1-3-11(18)6-7-17/h4-5,9,11H,1-3,6-8,17H2. The fourth-order valence-corrected chi connectivity index (χ4v) is 2.95. The van der Waals surface area contributed by atoms with E-state index < -0.39 is 0 Å². The Hall–Kier alpha value is -0.770. The molecule has 0 aliphatic carbocycles. The van der Waals surface area contributed by atoms with E-state index in [4.69, 9.17) is 28.9 Å². The lowest BCUT2D eigenvalue weighted by atomic mass is 9.98. The lowest BCUT2D eigenvalue weighted by Crippen LogP contribution is -2.44. The van der Waals surface area contributed by atoms with Crippen LogP contribution in [-0.2, 0) is 0 Å². The van der Waals surface area contributed by atoms with Crippen molar-refractivity contribution in [1.82, 2.24) is 4.90 Å². The molecule has 1 amide bonds. The summed E-state index contributed by atoms with van der Waals surface area (Å²) >= 11 is 12.1. The lowest BCUT2D eigenvalue weighted by Gasteiger charge is -2.36. The molecule has 0 bridgehead atoms. The maximum atomic E-state index is 12.6. The molecule has 19 heavy (non-hydrogen) atoms. The second-order valence-electron chi connectivity index (χ2n) is 4.85. The topological polar surface area (TPSA) is 46.3 Å². The number of likely N-dealkylation sites (tertiary alicyclic amines) is 1. The van der Waals surface area contributed by atoms with Crippen molar-refractivity contribution in [2.24, 2.45) is 5.73 Å². The summed E-state index contributed by atoms with van der Waals surface area (Å²) < 4.78 is 0. The zero-order valence-electron chi connectivity index (χ0n) is 10.7. The van der Waals surface area contributed by atoms with Crippen molar-refractivity contribution < 1.29 is 4.79 Å². The molecular weight excluding hydrogens is 283 g/mol. The molecule has 0 aromatic heterocycles. The summed E-state index contributed by atoms with van der Waals surface area (Å²) in [5.74, 6) is -0.0364. The van der Waals surface area contributed by atoms with Crippen molar-refractivity contribution in [1.29, 1.82) is 0 Å². The van der Waals surface area contributed by atoms with Crippen LogP contribution in [0.4, 0.5) is 0 Å². The highest BCUT2D eigenvalue weighted by molar-refractivity contribution is 6.35. The van der Waals surface area contributed by atoms with Gasteiger partial charge in [0.05, 0.1) is 10.6 Å². The molecule has 1 unspecified atom stereocenters. The molecule has 1 saturated heterocycles. The van der Waals surface area contributed by atoms with E-state index in [1.165, 1.54) is 0 Å². The summed E-state index contributed by atoms with van der Waals surface area (Å²) in [5.41, 5.74) is 6.11. The third kappa shape index (κ3) is 3.41. The van der Waals surface area contributed by atoms with Crippen LogP contribution in [0.1, 0.15) is 36.0 Å². The molecule has 104 valence electrons. The van der Waals surface area contributed by atoms with E-state index in [1.807, 2.05) is 4.90 Å². The van der Waals surface area contributed by atoms with Gasteiger partial charge in [0.1, 0.15) is 0 Å². The van der Waals surface area contributed by atoms with Gasteiger partial charge in [0.15, 0.2) is 0 Å². The Morgan fingerprint density at radius 2 is 2.16 bits per heavy atom. The van der Waals surface area contributed by atoms with Crippen LogP contribution in [0.15, 0.2) is 18.2 Å². The summed E-state index contributed by atoms with van der Waals surface area (Å²) in [7, 11) is 0. The van der Waals surface area contributed by atoms with Gasteiger partial charge in [0.2, 0.25) is 0 Å². The highest BCUT2D eigenvalue weighted by Crippen LogP contribution is 2.26. The molecule has 1 atom stereocenters. The van der Waals surface area contributed by atoms with Gasteiger partial charge in [-0.1, -0.05) is 23.2 Å². The van der Waals surface area contributed by atoms with Crippen molar-refractivity contribution in [3.05, 3.63) is 33.8 Å². The normalized spacial score (nSPS) is 19.5. The number of benzene rings is 1. The van der Waals surface area contributed by atoms with Crippen LogP contribution in [0.2, 0.25) is 10.0 Å². The van der Waals surface area contributed by atoms with Crippen molar-refractivity contribution >= 4 is 29.1 Å². The quantitative estimate of drug-likeness (QED) is 0.930. The minimum absolute atomic E-state index is 0.0364. The molecule has 1 fully saturated rings. The first-order valence-electron chi connectivity index (χ1n) is 6.59. The van der Waals surface area contributed by atoms with Crippen molar-refractivity contribution in [2.45, 2.75) is 31.7 Å². The molecule has 2 N–H and O–H groups in total. The smallest absolute Gasteiger partial charge is 0.255 e. The van der Waals surface area contributed by atoms with E-state index in [9.17, 15) is 4.79 Å². The van der Waals surface area contributed by atoms with Crippen LogP contribution in [0.25, 0.3) is 0 Å². The van der Waals surface area contributed by atoms with Crippen LogP contribution in [0.3, 0.4) is 0 Å². The molecule has 0 radical (unpaired) electrons.